The minimum atomic E-state index is -0.237. The summed E-state index contributed by atoms with van der Waals surface area (Å²) < 4.78 is 6.23. The van der Waals surface area contributed by atoms with E-state index >= 15 is 0 Å². The second-order valence-corrected chi connectivity index (χ2v) is 9.64. The average Bonchev–Trinajstić information content (AvgIpc) is 2.89. The van der Waals surface area contributed by atoms with Gasteiger partial charge in [0, 0.05) is 26.2 Å². The third kappa shape index (κ3) is 4.47. The Labute approximate surface area is 208 Å². The molecule has 1 aliphatic heterocycles. The van der Waals surface area contributed by atoms with Gasteiger partial charge in [-0.2, -0.15) is 0 Å². The highest BCUT2D eigenvalue weighted by Crippen LogP contribution is 2.13. The van der Waals surface area contributed by atoms with E-state index in [0.717, 1.165) is 38.5 Å². The lowest BCUT2D eigenvalue weighted by Gasteiger charge is -2.16. The second-order valence-electron chi connectivity index (χ2n) is 9.64. The van der Waals surface area contributed by atoms with E-state index in [4.69, 9.17) is 0 Å². The van der Waals surface area contributed by atoms with Crippen molar-refractivity contribution in [3.63, 3.8) is 0 Å². The molecule has 4 aromatic rings. The Balaban J connectivity index is 1.46. The van der Waals surface area contributed by atoms with Gasteiger partial charge in [-0.3, -0.25) is 27.9 Å². The summed E-state index contributed by atoms with van der Waals surface area (Å²) >= 11 is 0. The van der Waals surface area contributed by atoms with Crippen LogP contribution >= 0.6 is 0 Å². The highest BCUT2D eigenvalue weighted by Gasteiger charge is 2.14. The average molecular weight is 489 g/mol. The summed E-state index contributed by atoms with van der Waals surface area (Å²) in [5.41, 5.74) is 0.449. The molecule has 36 heavy (non-hydrogen) atoms. The first-order valence-corrected chi connectivity index (χ1v) is 13.0. The molecular weight excluding hydrogens is 456 g/mol. The Morgan fingerprint density at radius 2 is 0.750 bits per heavy atom. The van der Waals surface area contributed by atoms with E-state index in [1.165, 1.54) is 9.13 Å². The van der Waals surface area contributed by atoms with Crippen molar-refractivity contribution in [2.24, 2.45) is 0 Å². The van der Waals surface area contributed by atoms with Crippen LogP contribution in [0.1, 0.15) is 51.4 Å². The summed E-state index contributed by atoms with van der Waals surface area (Å²) in [7, 11) is 0. The van der Waals surface area contributed by atoms with Crippen LogP contribution in [0.5, 0.6) is 0 Å². The van der Waals surface area contributed by atoms with Gasteiger partial charge in [0.2, 0.25) is 0 Å². The van der Waals surface area contributed by atoms with E-state index < -0.39 is 0 Å². The Morgan fingerprint density at radius 1 is 0.417 bits per heavy atom. The summed E-state index contributed by atoms with van der Waals surface area (Å²) in [4.78, 5) is 52.6. The number of aromatic nitrogens is 4. The predicted molar refractivity (Wildman–Crippen MR) is 142 cm³/mol. The molecule has 0 atom stereocenters. The third-order valence-electron chi connectivity index (χ3n) is 7.29. The zero-order valence-electron chi connectivity index (χ0n) is 20.5. The Kier molecular flexibility index (Phi) is 7.02. The highest BCUT2D eigenvalue weighted by molar-refractivity contribution is 5.78. The molecule has 0 amide bonds. The van der Waals surface area contributed by atoms with E-state index in [0.29, 0.717) is 60.8 Å². The number of para-hydroxylation sites is 2. The molecule has 4 bridgehead atoms. The van der Waals surface area contributed by atoms with Crippen molar-refractivity contribution in [2.45, 2.75) is 77.5 Å². The van der Waals surface area contributed by atoms with Gasteiger partial charge in [-0.05, 0) is 49.9 Å². The standard InChI is InChI=1S/C28H32N4O4/c33-25-22-14-6-8-16-24(22)30-18-10-2-4-12-20-32-26(34)21-13-5-7-15-23(21)29(27(32)35)17-9-1-3-11-19-31(25)28(30)36/h5-8,13-16H,1-4,9-12,17-20H2. The first-order valence-electron chi connectivity index (χ1n) is 13.0. The predicted octanol–water partition coefficient (Wildman–Crippen LogP) is 3.47. The maximum absolute atomic E-state index is 13.3. The SMILES string of the molecule is O=c1c2ccccc2n2c(=O)n1CCCCCCn1c(=O)n(c(=O)c3ccccc31)CCCCCC2. The second kappa shape index (κ2) is 10.5. The van der Waals surface area contributed by atoms with Gasteiger partial charge < -0.3 is 0 Å². The fraction of sp³-hybridized carbons (Fsp3) is 0.429. The van der Waals surface area contributed by atoms with E-state index in [-0.39, 0.29) is 22.5 Å². The molecule has 0 radical (unpaired) electrons. The van der Waals surface area contributed by atoms with E-state index in [1.54, 1.807) is 21.3 Å². The van der Waals surface area contributed by atoms with Gasteiger partial charge >= 0.3 is 11.4 Å². The van der Waals surface area contributed by atoms with Gasteiger partial charge in [0.15, 0.2) is 0 Å². The van der Waals surface area contributed by atoms with Gasteiger partial charge in [-0.1, -0.05) is 49.9 Å². The molecule has 0 aliphatic carbocycles. The molecule has 188 valence electrons. The lowest BCUT2D eigenvalue weighted by atomic mass is 10.1. The van der Waals surface area contributed by atoms with Crippen molar-refractivity contribution < 1.29 is 0 Å². The fourth-order valence-electron chi connectivity index (χ4n) is 5.36. The number of rotatable bonds is 0. The molecule has 2 aromatic carbocycles. The van der Waals surface area contributed by atoms with Gasteiger partial charge in [0.1, 0.15) is 0 Å². The molecule has 1 aliphatic rings. The van der Waals surface area contributed by atoms with Crippen molar-refractivity contribution in [3.8, 4) is 0 Å². The molecule has 0 unspecified atom stereocenters. The first-order chi connectivity index (χ1) is 17.6. The van der Waals surface area contributed by atoms with Gasteiger partial charge in [0.05, 0.1) is 21.8 Å². The van der Waals surface area contributed by atoms with Crippen molar-refractivity contribution >= 4 is 21.8 Å². The maximum Gasteiger partial charge on any atom is 0.331 e. The van der Waals surface area contributed by atoms with Crippen LogP contribution in [0.15, 0.2) is 67.7 Å². The monoisotopic (exact) mass is 488 g/mol. The summed E-state index contributed by atoms with van der Waals surface area (Å²) in [5.74, 6) is 0. The molecule has 8 nitrogen and oxygen atoms in total. The normalized spacial score (nSPS) is 16.0. The molecule has 0 saturated heterocycles. The third-order valence-corrected chi connectivity index (χ3v) is 7.29. The topological polar surface area (TPSA) is 88.0 Å². The van der Waals surface area contributed by atoms with E-state index in [1.807, 2.05) is 36.4 Å². The van der Waals surface area contributed by atoms with Crippen LogP contribution in [0.25, 0.3) is 21.8 Å². The highest BCUT2D eigenvalue weighted by atomic mass is 16.2. The molecule has 0 saturated carbocycles. The fourth-order valence-corrected chi connectivity index (χ4v) is 5.36. The van der Waals surface area contributed by atoms with Crippen LogP contribution < -0.4 is 22.5 Å². The van der Waals surface area contributed by atoms with E-state index in [9.17, 15) is 19.2 Å². The minimum absolute atomic E-state index is 0.221. The first kappa shape index (κ1) is 24.0. The van der Waals surface area contributed by atoms with Crippen LogP contribution in [0, 0.1) is 0 Å². The molecule has 8 heteroatoms. The van der Waals surface area contributed by atoms with Crippen molar-refractivity contribution in [1.29, 1.82) is 0 Å². The minimum Gasteiger partial charge on any atom is -0.293 e. The number of hydrogen-bond acceptors (Lipinski definition) is 4. The molecular formula is C28H32N4O4. The quantitative estimate of drug-likeness (QED) is 0.379. The van der Waals surface area contributed by atoms with Gasteiger partial charge in [-0.25, -0.2) is 9.59 Å². The largest absolute Gasteiger partial charge is 0.331 e. The Hall–Kier alpha value is -3.68. The lowest BCUT2D eigenvalue weighted by molar-refractivity contribution is 0.472. The van der Waals surface area contributed by atoms with E-state index in [2.05, 4.69) is 0 Å². The molecule has 0 fully saturated rings. The number of hydrogen-bond donors (Lipinski definition) is 0. The van der Waals surface area contributed by atoms with Gasteiger partial charge in [0.25, 0.3) is 11.1 Å². The van der Waals surface area contributed by atoms with Crippen molar-refractivity contribution in [2.75, 3.05) is 0 Å². The summed E-state index contributed by atoms with van der Waals surface area (Å²) in [5, 5.41) is 1.16. The summed E-state index contributed by atoms with van der Waals surface area (Å²) in [6.07, 6.45) is 6.37. The Bertz CT molecular complexity index is 1520. The Morgan fingerprint density at radius 3 is 1.14 bits per heavy atom. The maximum atomic E-state index is 13.3. The molecule has 3 heterocycles. The number of benzene rings is 2. The summed E-state index contributed by atoms with van der Waals surface area (Å²) in [6.45, 7) is 1.83. The number of aryl methyl sites for hydroxylation is 2. The van der Waals surface area contributed by atoms with Crippen LogP contribution in [-0.2, 0) is 26.2 Å². The van der Waals surface area contributed by atoms with Crippen LogP contribution in [0.2, 0.25) is 0 Å². The molecule has 0 spiro atoms. The zero-order chi connectivity index (χ0) is 25.1. The number of fused-ring (bicyclic) bond motifs is 8. The number of nitrogens with zero attached hydrogens (tertiary/aromatic N) is 4. The van der Waals surface area contributed by atoms with Crippen LogP contribution in [-0.4, -0.2) is 18.3 Å². The zero-order valence-corrected chi connectivity index (χ0v) is 20.5. The van der Waals surface area contributed by atoms with Crippen molar-refractivity contribution in [3.05, 3.63) is 90.2 Å². The van der Waals surface area contributed by atoms with Crippen LogP contribution in [0.4, 0.5) is 0 Å². The molecule has 2 aromatic heterocycles. The summed E-state index contributed by atoms with van der Waals surface area (Å²) in [6, 6.07) is 14.7. The smallest absolute Gasteiger partial charge is 0.293 e. The van der Waals surface area contributed by atoms with Crippen LogP contribution in [0.3, 0.4) is 0 Å². The van der Waals surface area contributed by atoms with Crippen molar-refractivity contribution in [1.82, 2.24) is 18.3 Å². The molecule has 0 N–H and O–H groups in total. The molecule has 5 rings (SSSR count). The van der Waals surface area contributed by atoms with Gasteiger partial charge in [-0.15, -0.1) is 0 Å². The lowest BCUT2D eigenvalue weighted by Crippen LogP contribution is -2.40.